The molecule has 0 unspecified atom stereocenters. The van der Waals surface area contributed by atoms with Crippen molar-refractivity contribution in [2.75, 3.05) is 12.4 Å². The van der Waals surface area contributed by atoms with E-state index < -0.39 is 0 Å². The minimum atomic E-state index is 0.303. The van der Waals surface area contributed by atoms with Crippen LogP contribution in [0.3, 0.4) is 0 Å². The molecule has 90 valence electrons. The summed E-state index contributed by atoms with van der Waals surface area (Å²) in [5.41, 5.74) is 0.303. The molecule has 0 radical (unpaired) electrons. The van der Waals surface area contributed by atoms with Gasteiger partial charge in [0.25, 0.3) is 0 Å². The van der Waals surface area contributed by atoms with Crippen LogP contribution in [0, 0.1) is 5.41 Å². The van der Waals surface area contributed by atoms with Gasteiger partial charge in [0.05, 0.1) is 19.0 Å². The van der Waals surface area contributed by atoms with Gasteiger partial charge in [0, 0.05) is 12.0 Å². The summed E-state index contributed by atoms with van der Waals surface area (Å²) in [6, 6.07) is 0. The summed E-state index contributed by atoms with van der Waals surface area (Å²) in [5.74, 6) is 1.81. The van der Waals surface area contributed by atoms with Crippen molar-refractivity contribution in [1.82, 2.24) is 9.78 Å². The minimum absolute atomic E-state index is 0.303. The van der Waals surface area contributed by atoms with Gasteiger partial charge in [-0.2, -0.15) is 17.7 Å². The van der Waals surface area contributed by atoms with Crippen molar-refractivity contribution in [2.45, 2.75) is 39.2 Å². The first-order valence-corrected chi connectivity index (χ1v) is 6.67. The Morgan fingerprint density at radius 3 is 2.81 bits per heavy atom. The Kier molecular flexibility index (Phi) is 3.79. The standard InChI is InChI=1S/C12H20N2OS/c1-2-14-8-11(7-13-14)15-9-12(10-16)5-3-4-6-12/h7-8,16H,2-6,9-10H2,1H3. The van der Waals surface area contributed by atoms with Crippen molar-refractivity contribution in [2.24, 2.45) is 5.41 Å². The van der Waals surface area contributed by atoms with E-state index in [1.165, 1.54) is 25.7 Å². The van der Waals surface area contributed by atoms with Crippen LogP contribution in [0.1, 0.15) is 32.6 Å². The fourth-order valence-corrected chi connectivity index (χ4v) is 2.71. The molecular formula is C12H20N2OS. The molecule has 3 nitrogen and oxygen atoms in total. The van der Waals surface area contributed by atoms with Crippen molar-refractivity contribution in [1.29, 1.82) is 0 Å². The van der Waals surface area contributed by atoms with Crippen LogP contribution >= 0.6 is 12.6 Å². The van der Waals surface area contributed by atoms with Crippen molar-refractivity contribution in [3.05, 3.63) is 12.4 Å². The van der Waals surface area contributed by atoms with Crippen molar-refractivity contribution < 1.29 is 4.74 Å². The fraction of sp³-hybridized carbons (Fsp3) is 0.750. The number of ether oxygens (including phenoxy) is 1. The molecular weight excluding hydrogens is 220 g/mol. The smallest absolute Gasteiger partial charge is 0.157 e. The zero-order valence-corrected chi connectivity index (χ0v) is 10.7. The van der Waals surface area contributed by atoms with Crippen LogP contribution < -0.4 is 4.74 Å². The lowest BCUT2D eigenvalue weighted by atomic mass is 9.90. The van der Waals surface area contributed by atoms with Crippen molar-refractivity contribution in [3.8, 4) is 5.75 Å². The number of nitrogens with zero attached hydrogens (tertiary/aromatic N) is 2. The summed E-state index contributed by atoms with van der Waals surface area (Å²) in [6.45, 7) is 3.75. The Balaban J connectivity index is 1.90. The van der Waals surface area contributed by atoms with E-state index in [0.29, 0.717) is 5.41 Å². The molecule has 0 bridgehead atoms. The summed E-state index contributed by atoms with van der Waals surface area (Å²) in [7, 11) is 0. The summed E-state index contributed by atoms with van der Waals surface area (Å²) < 4.78 is 7.72. The average Bonchev–Trinajstić information content (AvgIpc) is 2.96. The molecule has 0 spiro atoms. The summed E-state index contributed by atoms with van der Waals surface area (Å²) in [4.78, 5) is 0. The maximum atomic E-state index is 5.83. The maximum Gasteiger partial charge on any atom is 0.157 e. The van der Waals surface area contributed by atoms with Crippen LogP contribution in [-0.2, 0) is 6.54 Å². The van der Waals surface area contributed by atoms with Crippen LogP contribution in [-0.4, -0.2) is 22.1 Å². The zero-order valence-electron chi connectivity index (χ0n) is 9.85. The molecule has 0 aliphatic heterocycles. The molecule has 1 saturated carbocycles. The van der Waals surface area contributed by atoms with Gasteiger partial charge in [-0.25, -0.2) is 0 Å². The Bertz CT molecular complexity index is 332. The molecule has 0 saturated heterocycles. The highest BCUT2D eigenvalue weighted by molar-refractivity contribution is 7.80. The third kappa shape index (κ3) is 2.54. The second-order valence-electron chi connectivity index (χ2n) is 4.69. The second-order valence-corrected chi connectivity index (χ2v) is 5.00. The van der Waals surface area contributed by atoms with E-state index in [2.05, 4.69) is 24.7 Å². The van der Waals surface area contributed by atoms with Crippen LogP contribution in [0.4, 0.5) is 0 Å². The normalized spacial score (nSPS) is 18.9. The average molecular weight is 240 g/mol. The summed E-state index contributed by atoms with van der Waals surface area (Å²) >= 11 is 4.47. The number of thiol groups is 1. The van der Waals surface area contributed by atoms with E-state index >= 15 is 0 Å². The highest BCUT2D eigenvalue weighted by atomic mass is 32.1. The van der Waals surface area contributed by atoms with E-state index in [4.69, 9.17) is 4.74 Å². The van der Waals surface area contributed by atoms with Crippen LogP contribution in [0.15, 0.2) is 12.4 Å². The Hall–Kier alpha value is -0.640. The first kappa shape index (κ1) is 11.8. The van der Waals surface area contributed by atoms with Crippen LogP contribution in [0.5, 0.6) is 5.75 Å². The molecule has 1 aliphatic rings. The molecule has 2 rings (SSSR count). The molecule has 0 aromatic carbocycles. The minimum Gasteiger partial charge on any atom is -0.490 e. The molecule has 1 aromatic rings. The number of aromatic nitrogens is 2. The predicted molar refractivity (Wildman–Crippen MR) is 68.2 cm³/mol. The van der Waals surface area contributed by atoms with Gasteiger partial charge in [0.2, 0.25) is 0 Å². The van der Waals surface area contributed by atoms with Gasteiger partial charge in [0.15, 0.2) is 5.75 Å². The lowest BCUT2D eigenvalue weighted by molar-refractivity contribution is 0.173. The summed E-state index contributed by atoms with van der Waals surface area (Å²) in [6.07, 6.45) is 8.89. The van der Waals surface area contributed by atoms with Gasteiger partial charge >= 0.3 is 0 Å². The highest BCUT2D eigenvalue weighted by Crippen LogP contribution is 2.39. The number of aryl methyl sites for hydroxylation is 1. The molecule has 1 fully saturated rings. The highest BCUT2D eigenvalue weighted by Gasteiger charge is 2.33. The van der Waals surface area contributed by atoms with Gasteiger partial charge in [-0.3, -0.25) is 4.68 Å². The fourth-order valence-electron chi connectivity index (χ4n) is 2.30. The Morgan fingerprint density at radius 1 is 1.50 bits per heavy atom. The molecule has 0 amide bonds. The van der Waals surface area contributed by atoms with Gasteiger partial charge in [-0.05, 0) is 25.5 Å². The van der Waals surface area contributed by atoms with E-state index in [9.17, 15) is 0 Å². The SMILES string of the molecule is CCn1cc(OCC2(CS)CCCC2)cn1. The van der Waals surface area contributed by atoms with Crippen molar-refractivity contribution >= 4 is 12.6 Å². The van der Waals surface area contributed by atoms with Gasteiger partial charge in [0.1, 0.15) is 0 Å². The number of rotatable bonds is 5. The van der Waals surface area contributed by atoms with E-state index in [1.54, 1.807) is 6.20 Å². The predicted octanol–water partition coefficient (Wildman–Crippen LogP) is 2.77. The van der Waals surface area contributed by atoms with Crippen LogP contribution in [0.25, 0.3) is 0 Å². The third-order valence-electron chi connectivity index (χ3n) is 3.48. The van der Waals surface area contributed by atoms with Gasteiger partial charge in [-0.15, -0.1) is 0 Å². The lowest BCUT2D eigenvalue weighted by Crippen LogP contribution is -2.27. The first-order chi connectivity index (χ1) is 7.78. The van der Waals surface area contributed by atoms with Gasteiger partial charge in [-0.1, -0.05) is 12.8 Å². The lowest BCUT2D eigenvalue weighted by Gasteiger charge is -2.26. The number of hydrogen-bond acceptors (Lipinski definition) is 3. The third-order valence-corrected chi connectivity index (χ3v) is 4.15. The quantitative estimate of drug-likeness (QED) is 0.801. The van der Waals surface area contributed by atoms with Gasteiger partial charge < -0.3 is 4.74 Å². The molecule has 0 N–H and O–H groups in total. The van der Waals surface area contributed by atoms with E-state index in [1.807, 2.05) is 10.9 Å². The largest absolute Gasteiger partial charge is 0.490 e. The van der Waals surface area contributed by atoms with E-state index in [-0.39, 0.29) is 0 Å². The first-order valence-electron chi connectivity index (χ1n) is 6.04. The summed E-state index contributed by atoms with van der Waals surface area (Å²) in [5, 5.41) is 4.20. The van der Waals surface area contributed by atoms with Crippen molar-refractivity contribution in [3.63, 3.8) is 0 Å². The Labute approximate surface area is 103 Å². The monoisotopic (exact) mass is 240 g/mol. The molecule has 4 heteroatoms. The molecule has 1 heterocycles. The van der Waals surface area contributed by atoms with E-state index in [0.717, 1.165) is 24.7 Å². The van der Waals surface area contributed by atoms with Crippen LogP contribution in [0.2, 0.25) is 0 Å². The molecule has 16 heavy (non-hydrogen) atoms. The second kappa shape index (κ2) is 5.13. The zero-order chi connectivity index (χ0) is 11.4. The molecule has 1 aromatic heterocycles. The number of hydrogen-bond donors (Lipinski definition) is 1. The Morgan fingerprint density at radius 2 is 2.25 bits per heavy atom. The maximum absolute atomic E-state index is 5.83. The molecule has 1 aliphatic carbocycles. The molecule has 0 atom stereocenters. The topological polar surface area (TPSA) is 27.1 Å².